The minimum Gasteiger partial charge on any atom is -0.382 e. The van der Waals surface area contributed by atoms with Crippen LogP contribution in [0.2, 0.25) is 0 Å². The number of aromatic nitrogens is 4. The second-order valence-electron chi connectivity index (χ2n) is 3.86. The zero-order valence-corrected chi connectivity index (χ0v) is 9.56. The molecule has 0 aliphatic rings. The predicted octanol–water partition coefficient (Wildman–Crippen LogP) is 1.91. The number of anilines is 1. The monoisotopic (exact) mass is 237 g/mol. The molecule has 5 heteroatoms. The number of hydrogen-bond acceptors (Lipinski definition) is 4. The Balaban J connectivity index is 1.97. The summed E-state index contributed by atoms with van der Waals surface area (Å²) in [6.07, 6.45) is 3.71. The summed E-state index contributed by atoms with van der Waals surface area (Å²) in [6, 6.07) is 13.5. The lowest BCUT2D eigenvalue weighted by Gasteiger charge is -1.98. The first kappa shape index (κ1) is 10.5. The van der Waals surface area contributed by atoms with Crippen molar-refractivity contribution >= 4 is 5.82 Å². The van der Waals surface area contributed by atoms with Gasteiger partial charge in [0.15, 0.2) is 5.82 Å². The third-order valence-electron chi connectivity index (χ3n) is 2.60. The fourth-order valence-corrected chi connectivity index (χ4v) is 1.69. The molecular formula is C13H11N5. The van der Waals surface area contributed by atoms with Crippen LogP contribution in [0.15, 0.2) is 54.9 Å². The average Bonchev–Trinajstić information content (AvgIpc) is 2.90. The van der Waals surface area contributed by atoms with Crippen molar-refractivity contribution in [3.05, 3.63) is 54.9 Å². The number of rotatable bonds is 2. The van der Waals surface area contributed by atoms with Crippen LogP contribution in [0.5, 0.6) is 0 Å². The molecule has 2 heterocycles. The highest BCUT2D eigenvalue weighted by molar-refractivity contribution is 5.61. The molecule has 0 spiro atoms. The molecule has 3 rings (SSSR count). The molecule has 0 bridgehead atoms. The Morgan fingerprint density at radius 1 is 0.889 bits per heavy atom. The largest absolute Gasteiger partial charge is 0.382 e. The first-order valence-corrected chi connectivity index (χ1v) is 5.52. The third kappa shape index (κ3) is 1.93. The van der Waals surface area contributed by atoms with Crippen molar-refractivity contribution in [1.82, 2.24) is 20.0 Å². The van der Waals surface area contributed by atoms with E-state index in [-0.39, 0.29) is 0 Å². The normalized spacial score (nSPS) is 10.4. The standard InChI is InChI=1S/C13H11N5/c14-12-6-7-13(17-16-12)18-9-11(8-15-18)10-4-2-1-3-5-10/h1-9H,(H2,14,16). The molecule has 18 heavy (non-hydrogen) atoms. The van der Waals surface area contributed by atoms with Crippen LogP contribution in [0.3, 0.4) is 0 Å². The van der Waals surface area contributed by atoms with Gasteiger partial charge in [0, 0.05) is 11.8 Å². The Kier molecular flexibility index (Phi) is 2.49. The van der Waals surface area contributed by atoms with E-state index in [1.165, 1.54) is 0 Å². The molecule has 2 aromatic heterocycles. The molecule has 2 N–H and O–H groups in total. The van der Waals surface area contributed by atoms with Gasteiger partial charge < -0.3 is 5.73 Å². The molecule has 88 valence electrons. The number of nitrogen functional groups attached to an aromatic ring is 1. The zero-order chi connectivity index (χ0) is 12.4. The van der Waals surface area contributed by atoms with Gasteiger partial charge in [0.2, 0.25) is 0 Å². The van der Waals surface area contributed by atoms with Crippen molar-refractivity contribution in [3.63, 3.8) is 0 Å². The average molecular weight is 237 g/mol. The highest BCUT2D eigenvalue weighted by Gasteiger charge is 2.04. The quantitative estimate of drug-likeness (QED) is 0.739. The lowest BCUT2D eigenvalue weighted by molar-refractivity contribution is 0.817. The van der Waals surface area contributed by atoms with E-state index >= 15 is 0 Å². The van der Waals surface area contributed by atoms with E-state index in [0.29, 0.717) is 11.6 Å². The van der Waals surface area contributed by atoms with Crippen LogP contribution >= 0.6 is 0 Å². The highest BCUT2D eigenvalue weighted by atomic mass is 15.3. The summed E-state index contributed by atoms with van der Waals surface area (Å²) in [7, 11) is 0. The molecule has 0 saturated heterocycles. The maximum Gasteiger partial charge on any atom is 0.175 e. The Morgan fingerprint density at radius 3 is 2.44 bits per heavy atom. The van der Waals surface area contributed by atoms with Gasteiger partial charge in [-0.05, 0) is 17.7 Å². The topological polar surface area (TPSA) is 69.6 Å². The van der Waals surface area contributed by atoms with E-state index in [4.69, 9.17) is 5.73 Å². The van der Waals surface area contributed by atoms with Crippen molar-refractivity contribution < 1.29 is 0 Å². The highest BCUT2D eigenvalue weighted by Crippen LogP contribution is 2.18. The summed E-state index contributed by atoms with van der Waals surface area (Å²) in [5, 5.41) is 12.1. The Bertz CT molecular complexity index is 643. The lowest BCUT2D eigenvalue weighted by Crippen LogP contribution is -2.01. The smallest absolute Gasteiger partial charge is 0.175 e. The van der Waals surface area contributed by atoms with Crippen LogP contribution in [-0.2, 0) is 0 Å². The molecule has 1 aromatic carbocycles. The van der Waals surface area contributed by atoms with E-state index in [1.54, 1.807) is 23.0 Å². The van der Waals surface area contributed by atoms with Crippen LogP contribution in [0.25, 0.3) is 16.9 Å². The number of nitrogens with zero attached hydrogens (tertiary/aromatic N) is 4. The molecule has 0 unspecified atom stereocenters. The van der Waals surface area contributed by atoms with Gasteiger partial charge in [0.1, 0.15) is 5.82 Å². The van der Waals surface area contributed by atoms with Crippen molar-refractivity contribution in [3.8, 4) is 16.9 Å². The van der Waals surface area contributed by atoms with Crippen molar-refractivity contribution in [1.29, 1.82) is 0 Å². The number of benzene rings is 1. The van der Waals surface area contributed by atoms with Crippen LogP contribution in [0.4, 0.5) is 5.82 Å². The Hall–Kier alpha value is -2.69. The molecule has 0 amide bonds. The predicted molar refractivity (Wildman–Crippen MR) is 69.0 cm³/mol. The van der Waals surface area contributed by atoms with Crippen molar-refractivity contribution in [2.24, 2.45) is 0 Å². The van der Waals surface area contributed by atoms with Gasteiger partial charge in [-0.25, -0.2) is 4.68 Å². The summed E-state index contributed by atoms with van der Waals surface area (Å²) in [6.45, 7) is 0. The van der Waals surface area contributed by atoms with E-state index < -0.39 is 0 Å². The third-order valence-corrected chi connectivity index (χ3v) is 2.60. The van der Waals surface area contributed by atoms with Gasteiger partial charge in [0.25, 0.3) is 0 Å². The molecule has 0 aliphatic heterocycles. The summed E-state index contributed by atoms with van der Waals surface area (Å²) in [5.74, 6) is 1.04. The SMILES string of the molecule is Nc1ccc(-n2cc(-c3ccccc3)cn2)nn1. The fraction of sp³-hybridized carbons (Fsp3) is 0. The number of nitrogens with two attached hydrogens (primary N) is 1. The van der Waals surface area contributed by atoms with Crippen LogP contribution in [0.1, 0.15) is 0 Å². The van der Waals surface area contributed by atoms with Gasteiger partial charge in [-0.3, -0.25) is 0 Å². The van der Waals surface area contributed by atoms with Crippen molar-refractivity contribution in [2.45, 2.75) is 0 Å². The van der Waals surface area contributed by atoms with E-state index in [9.17, 15) is 0 Å². The molecule has 0 saturated carbocycles. The molecule has 0 fully saturated rings. The number of hydrogen-bond donors (Lipinski definition) is 1. The van der Waals surface area contributed by atoms with Crippen LogP contribution in [-0.4, -0.2) is 20.0 Å². The van der Waals surface area contributed by atoms with Gasteiger partial charge in [0.05, 0.1) is 6.20 Å². The van der Waals surface area contributed by atoms with Gasteiger partial charge in [-0.2, -0.15) is 5.10 Å². The van der Waals surface area contributed by atoms with E-state index in [2.05, 4.69) is 15.3 Å². The summed E-state index contributed by atoms with van der Waals surface area (Å²) >= 11 is 0. The fourth-order valence-electron chi connectivity index (χ4n) is 1.69. The minimum absolute atomic E-state index is 0.397. The van der Waals surface area contributed by atoms with Crippen LogP contribution in [0, 0.1) is 0 Å². The minimum atomic E-state index is 0.397. The zero-order valence-electron chi connectivity index (χ0n) is 9.56. The first-order chi connectivity index (χ1) is 8.83. The summed E-state index contributed by atoms with van der Waals surface area (Å²) < 4.78 is 1.68. The summed E-state index contributed by atoms with van der Waals surface area (Å²) in [5.41, 5.74) is 7.65. The van der Waals surface area contributed by atoms with Crippen LogP contribution < -0.4 is 5.73 Å². The Morgan fingerprint density at radius 2 is 1.72 bits per heavy atom. The second-order valence-corrected chi connectivity index (χ2v) is 3.86. The Labute approximate surface area is 104 Å². The van der Waals surface area contributed by atoms with Crippen molar-refractivity contribution in [2.75, 3.05) is 5.73 Å². The molecule has 0 atom stereocenters. The molecule has 0 aliphatic carbocycles. The van der Waals surface area contributed by atoms with E-state index in [0.717, 1.165) is 11.1 Å². The molecular weight excluding hydrogens is 226 g/mol. The molecule has 0 radical (unpaired) electrons. The van der Waals surface area contributed by atoms with Gasteiger partial charge in [-0.15, -0.1) is 10.2 Å². The first-order valence-electron chi connectivity index (χ1n) is 5.52. The lowest BCUT2D eigenvalue weighted by atomic mass is 10.1. The van der Waals surface area contributed by atoms with Gasteiger partial charge in [-0.1, -0.05) is 30.3 Å². The van der Waals surface area contributed by atoms with Gasteiger partial charge >= 0.3 is 0 Å². The van der Waals surface area contributed by atoms with E-state index in [1.807, 2.05) is 36.5 Å². The second kappa shape index (κ2) is 4.29. The molecule has 3 aromatic rings. The maximum atomic E-state index is 5.50. The summed E-state index contributed by atoms with van der Waals surface area (Å²) in [4.78, 5) is 0. The maximum absolute atomic E-state index is 5.50. The molecule has 5 nitrogen and oxygen atoms in total.